The van der Waals surface area contributed by atoms with E-state index < -0.39 is 5.92 Å². The van der Waals surface area contributed by atoms with Crippen molar-refractivity contribution >= 4 is 22.4 Å². The molecule has 4 aromatic rings. The van der Waals surface area contributed by atoms with Crippen LogP contribution in [0.15, 0.2) is 71.5 Å². The number of para-hydroxylation sites is 1. The molecule has 1 aromatic heterocycles. The van der Waals surface area contributed by atoms with Gasteiger partial charge in [0.05, 0.1) is 24.4 Å². The maximum Gasteiger partial charge on any atom is 0.295 e. The van der Waals surface area contributed by atoms with Crippen molar-refractivity contribution in [1.82, 2.24) is 9.36 Å². The zero-order chi connectivity index (χ0) is 22.1. The maximum absolute atomic E-state index is 13.1. The predicted molar refractivity (Wildman–Crippen MR) is 123 cm³/mol. The number of hydrogen-bond acceptors (Lipinski definition) is 3. The quantitative estimate of drug-likeness (QED) is 0.526. The van der Waals surface area contributed by atoms with Crippen LogP contribution in [0.3, 0.4) is 0 Å². The largest absolute Gasteiger partial charge is 0.497 e. The summed E-state index contributed by atoms with van der Waals surface area (Å²) in [6.45, 7) is 3.67. The summed E-state index contributed by atoms with van der Waals surface area (Å²) in [4.78, 5) is 26.1. The average molecular weight is 415 g/mol. The van der Waals surface area contributed by atoms with E-state index in [4.69, 9.17) is 4.74 Å². The second kappa shape index (κ2) is 8.14. The van der Waals surface area contributed by atoms with Crippen molar-refractivity contribution in [2.45, 2.75) is 19.8 Å². The summed E-state index contributed by atoms with van der Waals surface area (Å²) < 4.78 is 8.58. The van der Waals surface area contributed by atoms with Crippen LogP contribution in [-0.2, 0) is 11.8 Å². The highest BCUT2D eigenvalue weighted by molar-refractivity contribution is 5.97. The molecule has 0 radical (unpaired) electrons. The highest BCUT2D eigenvalue weighted by Crippen LogP contribution is 2.26. The van der Waals surface area contributed by atoms with Gasteiger partial charge in [-0.2, -0.15) is 0 Å². The Labute approximate surface area is 180 Å². The Kier molecular flexibility index (Phi) is 5.38. The molecular weight excluding hydrogens is 390 g/mol. The van der Waals surface area contributed by atoms with Crippen molar-refractivity contribution in [1.29, 1.82) is 0 Å². The van der Waals surface area contributed by atoms with E-state index in [2.05, 4.69) is 5.32 Å². The lowest BCUT2D eigenvalue weighted by molar-refractivity contribution is -0.117. The third-order valence-electron chi connectivity index (χ3n) is 5.77. The molecule has 158 valence electrons. The molecule has 1 atom stereocenters. The van der Waals surface area contributed by atoms with Gasteiger partial charge in [0.15, 0.2) is 0 Å². The lowest BCUT2D eigenvalue weighted by Crippen LogP contribution is -2.25. The van der Waals surface area contributed by atoms with E-state index in [1.54, 1.807) is 23.5 Å². The van der Waals surface area contributed by atoms with Crippen LogP contribution in [0, 0.1) is 6.92 Å². The van der Waals surface area contributed by atoms with Crippen LogP contribution in [0.25, 0.3) is 16.5 Å². The average Bonchev–Trinajstić information content (AvgIpc) is 3.01. The fraction of sp³-hybridized carbons (Fsp3) is 0.200. The van der Waals surface area contributed by atoms with E-state index in [0.29, 0.717) is 11.4 Å². The number of carbonyl (C=O) groups excluding carboxylic acids is 1. The minimum absolute atomic E-state index is 0.223. The van der Waals surface area contributed by atoms with E-state index in [9.17, 15) is 9.59 Å². The lowest BCUT2D eigenvalue weighted by Gasteiger charge is -2.13. The normalized spacial score (nSPS) is 12.0. The molecule has 0 unspecified atom stereocenters. The van der Waals surface area contributed by atoms with Crippen LogP contribution in [0.1, 0.15) is 24.1 Å². The van der Waals surface area contributed by atoms with Crippen LogP contribution in [0.4, 0.5) is 5.69 Å². The fourth-order valence-electron chi connectivity index (χ4n) is 3.73. The van der Waals surface area contributed by atoms with Gasteiger partial charge >= 0.3 is 0 Å². The summed E-state index contributed by atoms with van der Waals surface area (Å²) in [6.07, 6.45) is 0. The molecule has 1 N–H and O–H groups in total. The summed E-state index contributed by atoms with van der Waals surface area (Å²) in [5, 5.41) is 4.93. The molecule has 0 spiro atoms. The third-order valence-corrected chi connectivity index (χ3v) is 5.77. The molecule has 6 nitrogen and oxygen atoms in total. The molecule has 0 saturated carbocycles. The molecular formula is C25H25N3O3. The standard InChI is InChI=1S/C25H25N3O3/c1-16(18-10-11-20-15-22(31-4)13-12-19(20)14-18)24(29)26-23-17(2)27(3)28(25(23)30)21-8-6-5-7-9-21/h5-16H,1-4H3,(H,26,29)/t16-/m0/s1. The van der Waals surface area contributed by atoms with Crippen molar-refractivity contribution in [3.05, 3.63) is 88.3 Å². The first-order valence-corrected chi connectivity index (χ1v) is 10.1. The Balaban J connectivity index is 1.63. The number of benzene rings is 3. The number of ether oxygens (including phenoxy) is 1. The molecule has 6 heteroatoms. The van der Waals surface area contributed by atoms with Crippen LogP contribution in [0.2, 0.25) is 0 Å². The second-order valence-electron chi connectivity index (χ2n) is 7.62. The van der Waals surface area contributed by atoms with Gasteiger partial charge in [-0.05, 0) is 54.4 Å². The predicted octanol–water partition coefficient (Wildman–Crippen LogP) is 4.39. The minimum atomic E-state index is -0.421. The lowest BCUT2D eigenvalue weighted by atomic mass is 9.97. The molecule has 1 amide bonds. The molecule has 0 aliphatic carbocycles. The second-order valence-corrected chi connectivity index (χ2v) is 7.62. The number of aromatic nitrogens is 2. The van der Waals surface area contributed by atoms with Gasteiger partial charge in [-0.1, -0.05) is 42.5 Å². The Hall–Kier alpha value is -3.80. The van der Waals surface area contributed by atoms with Crippen molar-refractivity contribution < 1.29 is 9.53 Å². The molecule has 0 bridgehead atoms. The van der Waals surface area contributed by atoms with Gasteiger partial charge in [0, 0.05) is 7.05 Å². The fourth-order valence-corrected chi connectivity index (χ4v) is 3.73. The molecule has 3 aromatic carbocycles. The number of anilines is 1. The molecule has 1 heterocycles. The Bertz CT molecular complexity index is 1320. The van der Waals surface area contributed by atoms with Crippen molar-refractivity contribution in [2.75, 3.05) is 12.4 Å². The van der Waals surface area contributed by atoms with Gasteiger partial charge < -0.3 is 10.1 Å². The number of methoxy groups -OCH3 is 1. The minimum Gasteiger partial charge on any atom is -0.497 e. The smallest absolute Gasteiger partial charge is 0.295 e. The highest BCUT2D eigenvalue weighted by atomic mass is 16.5. The monoisotopic (exact) mass is 415 g/mol. The van der Waals surface area contributed by atoms with Crippen molar-refractivity contribution in [3.8, 4) is 11.4 Å². The van der Waals surface area contributed by atoms with E-state index in [1.807, 2.05) is 80.6 Å². The number of fused-ring (bicyclic) bond motifs is 1. The van der Waals surface area contributed by atoms with Gasteiger partial charge in [0.1, 0.15) is 11.4 Å². The number of carbonyl (C=O) groups is 1. The molecule has 31 heavy (non-hydrogen) atoms. The van der Waals surface area contributed by atoms with Gasteiger partial charge in [-0.3, -0.25) is 14.3 Å². The van der Waals surface area contributed by atoms with Gasteiger partial charge in [0.25, 0.3) is 5.56 Å². The number of amides is 1. The highest BCUT2D eigenvalue weighted by Gasteiger charge is 2.22. The van der Waals surface area contributed by atoms with Crippen LogP contribution in [-0.4, -0.2) is 22.4 Å². The third kappa shape index (κ3) is 3.72. The van der Waals surface area contributed by atoms with Crippen LogP contribution < -0.4 is 15.6 Å². The van der Waals surface area contributed by atoms with Gasteiger partial charge in [-0.15, -0.1) is 0 Å². The zero-order valence-corrected chi connectivity index (χ0v) is 18.0. The van der Waals surface area contributed by atoms with E-state index in [1.165, 1.54) is 0 Å². The Morgan fingerprint density at radius 3 is 2.39 bits per heavy atom. The summed E-state index contributed by atoms with van der Waals surface area (Å²) >= 11 is 0. The summed E-state index contributed by atoms with van der Waals surface area (Å²) in [7, 11) is 3.44. The number of rotatable bonds is 5. The first-order chi connectivity index (χ1) is 14.9. The number of nitrogens with one attached hydrogen (secondary N) is 1. The molecule has 4 rings (SSSR count). The SMILES string of the molecule is COc1ccc2cc([C@H](C)C(=O)Nc3c(C)n(C)n(-c4ccccc4)c3=O)ccc2c1. The van der Waals surface area contributed by atoms with Crippen molar-refractivity contribution in [2.24, 2.45) is 7.05 Å². The van der Waals surface area contributed by atoms with Crippen LogP contribution in [0.5, 0.6) is 5.75 Å². The van der Waals surface area contributed by atoms with Crippen molar-refractivity contribution in [3.63, 3.8) is 0 Å². The van der Waals surface area contributed by atoms with E-state index in [-0.39, 0.29) is 11.5 Å². The molecule has 0 saturated heterocycles. The van der Waals surface area contributed by atoms with Gasteiger partial charge in [0.2, 0.25) is 5.91 Å². The Morgan fingerprint density at radius 2 is 1.68 bits per heavy atom. The zero-order valence-electron chi connectivity index (χ0n) is 18.0. The summed E-state index contributed by atoms with van der Waals surface area (Å²) in [5.41, 5.74) is 2.37. The maximum atomic E-state index is 13.1. The summed E-state index contributed by atoms with van der Waals surface area (Å²) in [6, 6.07) is 21.1. The van der Waals surface area contributed by atoms with E-state index >= 15 is 0 Å². The number of hydrogen-bond donors (Lipinski definition) is 1. The molecule has 0 aliphatic heterocycles. The van der Waals surface area contributed by atoms with E-state index in [0.717, 1.165) is 27.8 Å². The first-order valence-electron chi connectivity index (χ1n) is 10.1. The summed E-state index contributed by atoms with van der Waals surface area (Å²) in [5.74, 6) is 0.148. The Morgan fingerprint density at radius 1 is 1.00 bits per heavy atom. The van der Waals surface area contributed by atoms with Gasteiger partial charge in [-0.25, -0.2) is 4.68 Å². The number of nitrogens with zero attached hydrogens (tertiary/aromatic N) is 2. The topological polar surface area (TPSA) is 65.3 Å². The molecule has 0 aliphatic rings. The van der Waals surface area contributed by atoms with Crippen LogP contribution >= 0.6 is 0 Å². The molecule has 0 fully saturated rings. The first kappa shape index (κ1) is 20.5.